The Morgan fingerprint density at radius 3 is 1.09 bits per heavy atom. The normalized spacial score (nSPS) is 12.8. The molecule has 4 aromatic heterocycles. The van der Waals surface area contributed by atoms with Gasteiger partial charge in [0.25, 0.3) is 0 Å². The van der Waals surface area contributed by atoms with Crippen molar-refractivity contribution in [3.8, 4) is 95.7 Å². The number of nitrogens with zero attached hydrogens (tertiary/aromatic N) is 5. The van der Waals surface area contributed by atoms with Crippen LogP contribution >= 0.6 is 43.5 Å². The molecule has 11 heteroatoms. The van der Waals surface area contributed by atoms with Crippen molar-refractivity contribution in [2.24, 2.45) is 0 Å². The Balaban J connectivity index is 0.000000129. The molecule has 0 unspecified atom stereocenters. The van der Waals surface area contributed by atoms with E-state index in [1.807, 2.05) is 78.9 Å². The number of nitrogens with one attached hydrogen (secondary N) is 1. The first-order valence-electron chi connectivity index (χ1n) is 44.2. The molecule has 2 aliphatic rings. The molecule has 26 rings (SSSR count). The number of hydrogen-bond donors (Lipinski definition) is 1. The summed E-state index contributed by atoms with van der Waals surface area (Å²) in [4.78, 5) is 23.9. The smallest absolute Gasteiger partial charge is 1.00 e. The van der Waals surface area contributed by atoms with Crippen LogP contribution in [0.25, 0.3) is 226 Å². The number of aromatic nitrogens is 6. The molecule has 20 aromatic carbocycles. The van der Waals surface area contributed by atoms with Crippen LogP contribution in [0.5, 0.6) is 0 Å². The number of fused-ring (bicyclic) bond motifs is 32. The summed E-state index contributed by atoms with van der Waals surface area (Å²) in [5, 5.41) is 26.6. The maximum Gasteiger partial charge on any atom is 1.00 e. The predicted molar refractivity (Wildman–Crippen MR) is 551 cm³/mol. The quantitative estimate of drug-likeness (QED) is 0.127. The van der Waals surface area contributed by atoms with Gasteiger partial charge in [0.15, 0.2) is 11.6 Å². The maximum absolute atomic E-state index is 9.96. The summed E-state index contributed by atoms with van der Waals surface area (Å²) in [6.07, 6.45) is 0. The van der Waals surface area contributed by atoms with Crippen LogP contribution in [0.15, 0.2) is 397 Å². The first-order valence-corrected chi connectivity index (χ1v) is 45.4. The van der Waals surface area contributed by atoms with Crippen LogP contribution in [0.1, 0.15) is 52.7 Å². The van der Waals surface area contributed by atoms with Crippen LogP contribution in [0.2, 0.25) is 5.02 Å². The summed E-state index contributed by atoms with van der Waals surface area (Å²) < 4.78 is 20.2. The molecule has 0 saturated heterocycles. The fourth-order valence-corrected chi connectivity index (χ4v) is 21.9. The van der Waals surface area contributed by atoms with E-state index in [0.29, 0.717) is 16.7 Å². The molecule has 616 valence electrons. The maximum atomic E-state index is 9.96. The van der Waals surface area contributed by atoms with Crippen LogP contribution in [-0.2, 0) is 10.8 Å². The molecule has 0 saturated carbocycles. The molecule has 0 amide bonds. The van der Waals surface area contributed by atoms with Crippen molar-refractivity contribution in [3.63, 3.8) is 0 Å². The number of benzene rings is 20. The summed E-state index contributed by atoms with van der Waals surface area (Å²) >= 11 is 13.8. The third-order valence-electron chi connectivity index (χ3n) is 26.7. The number of alkyl halides is 1. The molecule has 0 bridgehead atoms. The van der Waals surface area contributed by atoms with Crippen molar-refractivity contribution >= 4 is 173 Å². The monoisotopic (exact) mass is 1830 g/mol. The van der Waals surface area contributed by atoms with E-state index in [1.165, 1.54) is 169 Å². The van der Waals surface area contributed by atoms with Gasteiger partial charge in [0.2, 0.25) is 0 Å². The number of H-pyrrole nitrogens is 1. The van der Waals surface area contributed by atoms with Crippen molar-refractivity contribution in [2.45, 2.75) is 38.5 Å². The standard InChI is InChI=1S/C59H38BrN3.C37H24BrN.C22H15ClN2.CH3F.Na.H/c1-59(2)50-33-47-43-25-12-10-23-41(43)40-22-9-11-24-42(40)46(47)32-48(50)54-44-26-13-14-27-45(44)55-49-31-38(60)28-29-53(49)63(57(55)56(54)59)39-21-15-20-37(30-39)58-61-51(35-16-5-3-6-17-35)34-52(62-58)36-18-7-4-8-19-36;1-37(2)31-19-28-24-12-6-4-10-22(24)21-9-3-5-11-23(21)27(28)18-29(31)33-25-13-7-8-14-26(25)34-30-17-20(38)15-16-32(30)39-36(34)35(33)37;23-19-13-7-12-18(14-19)22-24-20(16-8-3-1-4-9-16)15-21(25-22)17-10-5-2-6-11-17;1-2;;/h3-34H,1-2H3;3-19,39H,1-2H3;1-15H;1H3;;/q;;;;+1;-1/i;;;1D;;. The van der Waals surface area contributed by atoms with Gasteiger partial charge in [0, 0.05) is 90.9 Å². The Bertz CT molecular complexity index is 8680. The van der Waals surface area contributed by atoms with Crippen LogP contribution in [0.4, 0.5) is 4.39 Å². The Kier molecular flexibility index (Phi) is 20.5. The zero-order valence-corrected chi connectivity index (χ0v) is 77.8. The summed E-state index contributed by atoms with van der Waals surface area (Å²) in [7, 11) is -1.00. The van der Waals surface area contributed by atoms with Gasteiger partial charge in [0.1, 0.15) is 0 Å². The topological polar surface area (TPSA) is 72.3 Å². The van der Waals surface area contributed by atoms with E-state index in [1.54, 1.807) is 0 Å². The molecule has 0 aliphatic heterocycles. The van der Waals surface area contributed by atoms with Gasteiger partial charge in [-0.1, -0.05) is 362 Å². The third kappa shape index (κ3) is 13.5. The van der Waals surface area contributed by atoms with Gasteiger partial charge in [-0.25, -0.2) is 19.9 Å². The van der Waals surface area contributed by atoms with E-state index in [0.717, 1.165) is 76.3 Å². The molecule has 0 spiro atoms. The van der Waals surface area contributed by atoms with Crippen molar-refractivity contribution < 1.29 is 36.7 Å². The fraction of sp³-hybridized carbons (Fsp3) is 0.0588. The van der Waals surface area contributed by atoms with Crippen molar-refractivity contribution in [3.05, 3.63) is 424 Å². The van der Waals surface area contributed by atoms with Gasteiger partial charge in [-0.05, 0) is 228 Å². The van der Waals surface area contributed by atoms with Crippen LogP contribution in [0, 0.1) is 0 Å². The van der Waals surface area contributed by atoms with E-state index in [4.69, 9.17) is 32.9 Å². The summed E-state index contributed by atoms with van der Waals surface area (Å²) in [6.45, 7) is 9.68. The second-order valence-corrected chi connectivity index (χ2v) is 36.9. The Morgan fingerprint density at radius 1 is 0.323 bits per heavy atom. The average molecular weight is 1830 g/mol. The SMILES string of the molecule is CC1(C)c2cc3c4ccccc4c4ccccc4c3cc2-c2c1c1[nH]c3ccc(Br)cc3c1c1ccccc21.CC1(C)c2cc3c4ccccc4c4ccccc4c3cc2-c2c1c1c(c3ccccc23)c2cc(Br)ccc2n1-c1cccc(-c2nc(-c3ccccc3)cc(-c3ccccc3)n2)c1.Clc1cccc(-c2nc(-c3ccccc3)cc(-c3ccccc3)n2)c1.[2H]CF.[H-].[Na+]. The molecular weight excluding hydrogens is 1750 g/mol. The second-order valence-electron chi connectivity index (χ2n) is 34.6. The number of aromatic amines is 1. The molecule has 24 aromatic rings. The van der Waals surface area contributed by atoms with Crippen LogP contribution in [-0.4, -0.2) is 36.6 Å². The zero-order valence-electron chi connectivity index (χ0n) is 73.9. The van der Waals surface area contributed by atoms with E-state index in [-0.39, 0.29) is 41.8 Å². The van der Waals surface area contributed by atoms with Gasteiger partial charge in [-0.15, -0.1) is 0 Å². The molecule has 6 nitrogen and oxygen atoms in total. The molecule has 130 heavy (non-hydrogen) atoms. The molecule has 0 radical (unpaired) electrons. The van der Waals surface area contributed by atoms with Crippen molar-refractivity contribution in [1.82, 2.24) is 29.5 Å². The molecular formula is C119H81Br2ClFN6Na. The van der Waals surface area contributed by atoms with E-state index < -0.39 is 7.15 Å². The van der Waals surface area contributed by atoms with E-state index >= 15 is 0 Å². The van der Waals surface area contributed by atoms with Crippen molar-refractivity contribution in [1.29, 1.82) is 0 Å². The van der Waals surface area contributed by atoms with E-state index in [2.05, 4.69) is 378 Å². The Labute approximate surface area is 798 Å². The molecule has 4 heterocycles. The summed E-state index contributed by atoms with van der Waals surface area (Å²) in [5.74, 6) is 1.36. The Hall–Kier alpha value is -13.6. The van der Waals surface area contributed by atoms with Gasteiger partial charge in [0.05, 0.1) is 47.9 Å². The molecule has 0 atom stereocenters. The van der Waals surface area contributed by atoms with Gasteiger partial charge < -0.3 is 11.0 Å². The minimum Gasteiger partial charge on any atom is -1.00 e. The summed E-state index contributed by atoms with van der Waals surface area (Å²) in [5.41, 5.74) is 25.9. The largest absolute Gasteiger partial charge is 1.00 e. The Morgan fingerprint density at radius 2 is 0.662 bits per heavy atom. The van der Waals surface area contributed by atoms with Gasteiger partial charge in [-0.2, -0.15) is 0 Å². The number of hydrogen-bond acceptors (Lipinski definition) is 4. The second kappa shape index (κ2) is 32.9. The van der Waals surface area contributed by atoms with Crippen LogP contribution in [0.3, 0.4) is 0 Å². The summed E-state index contributed by atoms with van der Waals surface area (Å²) in [6, 6.07) is 139. The number of rotatable bonds is 7. The van der Waals surface area contributed by atoms with Gasteiger partial charge >= 0.3 is 29.6 Å². The molecule has 0 fully saturated rings. The van der Waals surface area contributed by atoms with Gasteiger partial charge in [-0.3, -0.25) is 4.39 Å². The van der Waals surface area contributed by atoms with E-state index in [9.17, 15) is 4.39 Å². The molecule has 2 aliphatic carbocycles. The van der Waals surface area contributed by atoms with Crippen LogP contribution < -0.4 is 29.6 Å². The average Bonchev–Trinajstić information content (AvgIpc) is 1.52. The number of halogens is 4. The minimum absolute atomic E-state index is 0. The minimum atomic E-state index is -1.00. The van der Waals surface area contributed by atoms with Crippen molar-refractivity contribution in [2.75, 3.05) is 7.15 Å². The zero-order chi connectivity index (χ0) is 87.8. The fourth-order valence-electron chi connectivity index (χ4n) is 21.0. The first-order chi connectivity index (χ1) is 63.6. The first kappa shape index (κ1) is 80.9. The third-order valence-corrected chi connectivity index (χ3v) is 27.9. The predicted octanol–water partition coefficient (Wildman–Crippen LogP) is 31.1. The molecule has 1 N–H and O–H groups in total.